The van der Waals surface area contributed by atoms with Crippen LogP contribution < -0.4 is 11.1 Å². The summed E-state index contributed by atoms with van der Waals surface area (Å²) >= 11 is 5.96. The summed E-state index contributed by atoms with van der Waals surface area (Å²) in [5.41, 5.74) is 7.50. The van der Waals surface area contributed by atoms with Gasteiger partial charge in [0, 0.05) is 23.6 Å². The number of halogens is 1. The molecule has 0 unspecified atom stereocenters. The molecule has 3 N–H and O–H groups in total. The van der Waals surface area contributed by atoms with Gasteiger partial charge in [-0.25, -0.2) is 0 Å². The lowest BCUT2D eigenvalue weighted by Gasteiger charge is -2.12. The number of amides is 1. The number of benzene rings is 1. The van der Waals surface area contributed by atoms with E-state index < -0.39 is 0 Å². The van der Waals surface area contributed by atoms with Crippen LogP contribution in [0.3, 0.4) is 0 Å². The molecule has 2 aromatic rings. The van der Waals surface area contributed by atoms with Gasteiger partial charge in [-0.15, -0.1) is 0 Å². The summed E-state index contributed by atoms with van der Waals surface area (Å²) in [5, 5.41) is 3.37. The van der Waals surface area contributed by atoms with Crippen molar-refractivity contribution in [2.45, 2.75) is 19.9 Å². The predicted octanol–water partition coefficient (Wildman–Crippen LogP) is 3.56. The van der Waals surface area contributed by atoms with Gasteiger partial charge in [-0.05, 0) is 44.2 Å². The van der Waals surface area contributed by atoms with Crippen LogP contribution in [0, 0.1) is 0 Å². The molecule has 0 saturated heterocycles. The van der Waals surface area contributed by atoms with Gasteiger partial charge in [0.1, 0.15) is 5.69 Å². The Labute approximate surface area is 117 Å². The number of rotatable bonds is 3. The first-order chi connectivity index (χ1) is 8.97. The van der Waals surface area contributed by atoms with Crippen molar-refractivity contribution in [3.8, 4) is 0 Å². The van der Waals surface area contributed by atoms with Crippen molar-refractivity contribution in [1.82, 2.24) is 4.57 Å². The maximum Gasteiger partial charge on any atom is 0.272 e. The monoisotopic (exact) mass is 277 g/mol. The highest BCUT2D eigenvalue weighted by Gasteiger charge is 2.15. The first-order valence-corrected chi connectivity index (χ1v) is 6.39. The van der Waals surface area contributed by atoms with Crippen LogP contribution in [0.2, 0.25) is 5.02 Å². The topological polar surface area (TPSA) is 60.0 Å². The molecule has 0 aliphatic carbocycles. The molecule has 1 aromatic carbocycles. The predicted molar refractivity (Wildman–Crippen MR) is 78.6 cm³/mol. The average Bonchev–Trinajstić information content (AvgIpc) is 2.74. The summed E-state index contributed by atoms with van der Waals surface area (Å²) < 4.78 is 1.84. The van der Waals surface area contributed by atoms with E-state index in [4.69, 9.17) is 17.3 Å². The minimum absolute atomic E-state index is 0.166. The van der Waals surface area contributed by atoms with Crippen molar-refractivity contribution >= 4 is 28.9 Å². The fourth-order valence-electron chi connectivity index (χ4n) is 1.82. The van der Waals surface area contributed by atoms with E-state index in [0.717, 1.165) is 0 Å². The molecular weight excluding hydrogens is 262 g/mol. The molecular formula is C14H16ClN3O. The molecule has 0 atom stereocenters. The van der Waals surface area contributed by atoms with E-state index in [1.54, 1.807) is 36.5 Å². The molecule has 0 aliphatic rings. The molecule has 1 amide bonds. The number of hydrogen-bond donors (Lipinski definition) is 2. The van der Waals surface area contributed by atoms with E-state index in [0.29, 0.717) is 22.1 Å². The van der Waals surface area contributed by atoms with E-state index in [1.807, 2.05) is 18.4 Å². The number of nitrogen functional groups attached to an aromatic ring is 1. The number of nitrogens with zero attached hydrogens (tertiary/aromatic N) is 1. The lowest BCUT2D eigenvalue weighted by molar-refractivity contribution is 0.101. The summed E-state index contributed by atoms with van der Waals surface area (Å²) in [7, 11) is 0. The first kappa shape index (κ1) is 13.5. The van der Waals surface area contributed by atoms with Crippen molar-refractivity contribution in [2.24, 2.45) is 0 Å². The van der Waals surface area contributed by atoms with Gasteiger partial charge in [0.05, 0.1) is 5.02 Å². The van der Waals surface area contributed by atoms with Gasteiger partial charge in [-0.2, -0.15) is 0 Å². The smallest absolute Gasteiger partial charge is 0.272 e. The number of nitrogens with two attached hydrogens (primary N) is 1. The highest BCUT2D eigenvalue weighted by atomic mass is 35.5. The van der Waals surface area contributed by atoms with E-state index in [9.17, 15) is 4.79 Å². The molecule has 5 heteroatoms. The number of nitrogens with one attached hydrogen (secondary N) is 1. The molecule has 19 heavy (non-hydrogen) atoms. The Morgan fingerprint density at radius 3 is 2.53 bits per heavy atom. The van der Waals surface area contributed by atoms with Gasteiger partial charge >= 0.3 is 0 Å². The van der Waals surface area contributed by atoms with Gasteiger partial charge in [0.25, 0.3) is 5.91 Å². The number of hydrogen-bond acceptors (Lipinski definition) is 2. The van der Waals surface area contributed by atoms with Crippen LogP contribution in [0.4, 0.5) is 11.4 Å². The Balaban J connectivity index is 2.22. The molecule has 0 radical (unpaired) electrons. The van der Waals surface area contributed by atoms with Crippen LogP contribution in [-0.2, 0) is 0 Å². The second kappa shape index (κ2) is 5.36. The summed E-state index contributed by atoms with van der Waals surface area (Å²) in [6, 6.07) is 8.83. The molecule has 1 aromatic heterocycles. The summed E-state index contributed by atoms with van der Waals surface area (Å²) in [6.07, 6.45) is 1.75. The standard InChI is InChI=1S/C14H16ClN3O/c1-9(2)18-8-10(15)7-13(18)14(19)17-12-5-3-11(16)4-6-12/h3-9H,16H2,1-2H3,(H,17,19). The van der Waals surface area contributed by atoms with Crippen LogP contribution in [0.25, 0.3) is 0 Å². The summed E-state index contributed by atoms with van der Waals surface area (Å²) in [5.74, 6) is -0.189. The Morgan fingerprint density at radius 2 is 1.95 bits per heavy atom. The second-order valence-electron chi connectivity index (χ2n) is 4.62. The third kappa shape index (κ3) is 3.09. The van der Waals surface area contributed by atoms with Crippen LogP contribution in [-0.4, -0.2) is 10.5 Å². The molecule has 4 nitrogen and oxygen atoms in total. The SMILES string of the molecule is CC(C)n1cc(Cl)cc1C(=O)Nc1ccc(N)cc1. The fraction of sp³-hybridized carbons (Fsp3) is 0.214. The fourth-order valence-corrected chi connectivity index (χ4v) is 2.02. The Kier molecular flexibility index (Phi) is 3.81. The molecule has 0 fully saturated rings. The van der Waals surface area contributed by atoms with E-state index in [2.05, 4.69) is 5.32 Å². The van der Waals surface area contributed by atoms with Crippen LogP contribution in [0.5, 0.6) is 0 Å². The summed E-state index contributed by atoms with van der Waals surface area (Å²) in [6.45, 7) is 3.99. The minimum Gasteiger partial charge on any atom is -0.399 e. The largest absolute Gasteiger partial charge is 0.399 e. The van der Waals surface area contributed by atoms with Crippen molar-refractivity contribution in [3.05, 3.63) is 47.2 Å². The molecule has 0 aliphatic heterocycles. The third-order valence-corrected chi connectivity index (χ3v) is 2.98. The van der Waals surface area contributed by atoms with Gasteiger partial charge in [-0.1, -0.05) is 11.6 Å². The first-order valence-electron chi connectivity index (χ1n) is 6.01. The van der Waals surface area contributed by atoms with Gasteiger partial charge in [0.2, 0.25) is 0 Å². The minimum atomic E-state index is -0.189. The number of carbonyl (C=O) groups excluding carboxylic acids is 1. The third-order valence-electron chi connectivity index (χ3n) is 2.77. The molecule has 2 rings (SSSR count). The van der Waals surface area contributed by atoms with Gasteiger partial charge in [-0.3, -0.25) is 4.79 Å². The molecule has 100 valence electrons. The number of anilines is 2. The lowest BCUT2D eigenvalue weighted by Crippen LogP contribution is -2.17. The van der Waals surface area contributed by atoms with Gasteiger partial charge in [0.15, 0.2) is 0 Å². The average molecular weight is 278 g/mol. The highest BCUT2D eigenvalue weighted by molar-refractivity contribution is 6.31. The zero-order chi connectivity index (χ0) is 14.0. The van der Waals surface area contributed by atoms with Crippen molar-refractivity contribution in [3.63, 3.8) is 0 Å². The van der Waals surface area contributed by atoms with Crippen molar-refractivity contribution < 1.29 is 4.79 Å². The Hall–Kier alpha value is -1.94. The maximum atomic E-state index is 12.2. The molecule has 0 spiro atoms. The Morgan fingerprint density at radius 1 is 1.32 bits per heavy atom. The zero-order valence-corrected chi connectivity index (χ0v) is 11.6. The van der Waals surface area contributed by atoms with Crippen molar-refractivity contribution in [2.75, 3.05) is 11.1 Å². The van der Waals surface area contributed by atoms with Crippen molar-refractivity contribution in [1.29, 1.82) is 0 Å². The maximum absolute atomic E-state index is 12.2. The van der Waals surface area contributed by atoms with Crippen LogP contribution in [0.1, 0.15) is 30.4 Å². The highest BCUT2D eigenvalue weighted by Crippen LogP contribution is 2.20. The van der Waals surface area contributed by atoms with E-state index in [1.165, 1.54) is 0 Å². The molecule has 0 bridgehead atoms. The Bertz CT molecular complexity index is 587. The van der Waals surface area contributed by atoms with E-state index in [-0.39, 0.29) is 11.9 Å². The van der Waals surface area contributed by atoms with E-state index >= 15 is 0 Å². The second-order valence-corrected chi connectivity index (χ2v) is 5.06. The quantitative estimate of drug-likeness (QED) is 0.843. The normalized spacial score (nSPS) is 10.7. The number of carbonyl (C=O) groups is 1. The lowest BCUT2D eigenvalue weighted by atomic mass is 10.2. The molecule has 0 saturated carbocycles. The van der Waals surface area contributed by atoms with Gasteiger partial charge < -0.3 is 15.6 Å². The summed E-state index contributed by atoms with van der Waals surface area (Å²) in [4.78, 5) is 12.2. The number of aromatic nitrogens is 1. The van der Waals surface area contributed by atoms with Crippen LogP contribution in [0.15, 0.2) is 36.5 Å². The van der Waals surface area contributed by atoms with Crippen LogP contribution >= 0.6 is 11.6 Å². The molecule has 1 heterocycles. The zero-order valence-electron chi connectivity index (χ0n) is 10.9.